The Kier molecular flexibility index (Phi) is 6.94. The summed E-state index contributed by atoms with van der Waals surface area (Å²) in [4.78, 5) is 6.96. The lowest BCUT2D eigenvalue weighted by atomic mass is 9.33. The minimum absolute atomic E-state index is 0.220. The number of hydrogen-bond acceptors (Lipinski definition) is 5. The lowest BCUT2D eigenvalue weighted by Crippen LogP contribution is -2.61. The summed E-state index contributed by atoms with van der Waals surface area (Å²) < 4.78 is 0. The van der Waals surface area contributed by atoms with E-state index in [9.17, 15) is 10.5 Å². The van der Waals surface area contributed by atoms with E-state index in [4.69, 9.17) is 0 Å². The molecule has 7 aromatic rings. The van der Waals surface area contributed by atoms with E-state index in [2.05, 4.69) is 148 Å². The van der Waals surface area contributed by atoms with Crippen LogP contribution in [0.4, 0.5) is 51.2 Å². The van der Waals surface area contributed by atoms with Crippen LogP contribution in [-0.2, 0) is 0 Å². The molecule has 0 N–H and O–H groups in total. The van der Waals surface area contributed by atoms with Crippen molar-refractivity contribution in [1.29, 1.82) is 10.5 Å². The molecule has 6 heteroatoms. The lowest BCUT2D eigenvalue weighted by molar-refractivity contribution is 1.22. The normalized spacial score (nSPS) is 12.2. The van der Waals surface area contributed by atoms with Gasteiger partial charge in [-0.1, -0.05) is 72.8 Å². The zero-order valence-corrected chi connectivity index (χ0v) is 27.0. The molecule has 2 heterocycles. The predicted octanol–water partition coefficient (Wildman–Crippen LogP) is 8.98. The number of fused-ring (bicyclic) bond motifs is 4. The maximum atomic E-state index is 10.1. The molecule has 0 unspecified atom stereocenters. The van der Waals surface area contributed by atoms with Crippen LogP contribution in [-0.4, -0.2) is 6.71 Å². The number of benzene rings is 7. The van der Waals surface area contributed by atoms with Crippen molar-refractivity contribution in [3.05, 3.63) is 181 Å². The first-order chi connectivity index (χ1) is 24.7. The number of rotatable bonds is 5. The van der Waals surface area contributed by atoms with E-state index in [0.717, 1.165) is 67.6 Å². The quantitative estimate of drug-likeness (QED) is 0.176. The Balaban J connectivity index is 1.43. The van der Waals surface area contributed by atoms with Gasteiger partial charge in [-0.05, 0) is 113 Å². The molecule has 50 heavy (non-hydrogen) atoms. The van der Waals surface area contributed by atoms with E-state index in [1.165, 1.54) is 0 Å². The first-order valence-electron chi connectivity index (χ1n) is 16.6. The van der Waals surface area contributed by atoms with Crippen LogP contribution in [0, 0.1) is 22.7 Å². The van der Waals surface area contributed by atoms with Crippen molar-refractivity contribution in [3.8, 4) is 12.1 Å². The van der Waals surface area contributed by atoms with Crippen molar-refractivity contribution in [1.82, 2.24) is 0 Å². The third-order valence-electron chi connectivity index (χ3n) is 9.62. The van der Waals surface area contributed by atoms with E-state index in [-0.39, 0.29) is 6.71 Å². The van der Waals surface area contributed by atoms with Gasteiger partial charge in [-0.2, -0.15) is 10.5 Å². The first kappa shape index (κ1) is 29.1. The summed E-state index contributed by atoms with van der Waals surface area (Å²) in [5.74, 6) is 0. The van der Waals surface area contributed by atoms with Gasteiger partial charge in [0.05, 0.1) is 29.0 Å². The number of anilines is 9. The highest BCUT2D eigenvalue weighted by Gasteiger charge is 2.44. The third-order valence-corrected chi connectivity index (χ3v) is 9.62. The summed E-state index contributed by atoms with van der Waals surface area (Å²) >= 11 is 0. The van der Waals surface area contributed by atoms with Crippen molar-refractivity contribution in [2.24, 2.45) is 0 Å². The first-order valence-corrected chi connectivity index (χ1v) is 16.6. The molecule has 2 aliphatic rings. The maximum Gasteiger partial charge on any atom is 0.252 e. The molecular weight excluding hydrogens is 609 g/mol. The largest absolute Gasteiger partial charge is 0.311 e. The van der Waals surface area contributed by atoms with Crippen molar-refractivity contribution < 1.29 is 0 Å². The summed E-state index contributed by atoms with van der Waals surface area (Å²) in [6.45, 7) is -0.220. The second-order valence-electron chi connectivity index (χ2n) is 12.4. The van der Waals surface area contributed by atoms with Gasteiger partial charge in [0.25, 0.3) is 6.71 Å². The molecule has 2 aliphatic heterocycles. The molecule has 9 rings (SSSR count). The minimum atomic E-state index is -0.220. The smallest absolute Gasteiger partial charge is 0.252 e. The maximum absolute atomic E-state index is 10.1. The molecular formula is C44H28BN5. The third kappa shape index (κ3) is 4.63. The molecule has 7 aromatic carbocycles. The van der Waals surface area contributed by atoms with Gasteiger partial charge >= 0.3 is 0 Å². The van der Waals surface area contributed by atoms with Crippen molar-refractivity contribution >= 4 is 74.3 Å². The number of nitrogens with zero attached hydrogens (tertiary/aromatic N) is 5. The van der Waals surface area contributed by atoms with Crippen LogP contribution in [0.15, 0.2) is 170 Å². The Morgan fingerprint density at radius 1 is 0.420 bits per heavy atom. The Hall–Kier alpha value is -7.02. The average molecular weight is 638 g/mol. The highest BCUT2D eigenvalue weighted by Crippen LogP contribution is 2.47. The number of para-hydroxylation sites is 4. The SMILES string of the molecule is N#Cc1ccc2c(c1)B1c3cc(C#N)ccc3N(c3ccccc3)c3cc(N(c4ccccc4)c4ccccc4)cc(c31)N2c1ccccc1. The Bertz CT molecular complexity index is 2300. The summed E-state index contributed by atoms with van der Waals surface area (Å²) in [5.41, 5.74) is 13.6. The standard InChI is InChI=1S/C44H28BN5/c46-29-31-21-23-40-38(25-31)45-39-26-32(30-47)22-24-41(39)50(36-19-11-4-12-20-36)43-28-37(27-42(44(43)45)49(40)35-17-9-3-10-18-35)48(33-13-5-1-6-14-33)34-15-7-2-8-16-34/h1-28H. The molecule has 0 amide bonds. The second kappa shape index (κ2) is 11.9. The molecule has 0 aliphatic carbocycles. The van der Waals surface area contributed by atoms with Crippen molar-refractivity contribution in [3.63, 3.8) is 0 Å². The van der Waals surface area contributed by atoms with Crippen molar-refractivity contribution in [2.45, 2.75) is 0 Å². The van der Waals surface area contributed by atoms with E-state index in [1.807, 2.05) is 48.5 Å². The van der Waals surface area contributed by atoms with Crippen LogP contribution in [0.3, 0.4) is 0 Å². The summed E-state index contributed by atoms with van der Waals surface area (Å²) in [5, 5.41) is 20.2. The molecule has 5 nitrogen and oxygen atoms in total. The van der Waals surface area contributed by atoms with Crippen LogP contribution in [0.1, 0.15) is 11.1 Å². The highest BCUT2D eigenvalue weighted by molar-refractivity contribution is 7.00. The molecule has 0 saturated carbocycles. The number of nitriles is 2. The molecule has 0 fully saturated rings. The van der Waals surface area contributed by atoms with Gasteiger partial charge in [0.15, 0.2) is 0 Å². The molecule has 0 atom stereocenters. The predicted molar refractivity (Wildman–Crippen MR) is 205 cm³/mol. The summed E-state index contributed by atoms with van der Waals surface area (Å²) in [6.07, 6.45) is 0. The van der Waals surface area contributed by atoms with Gasteiger partial charge in [0.2, 0.25) is 0 Å². The lowest BCUT2D eigenvalue weighted by Gasteiger charge is -2.45. The van der Waals surface area contributed by atoms with Gasteiger partial charge in [0.1, 0.15) is 0 Å². The average Bonchev–Trinajstić information content (AvgIpc) is 3.19. The van der Waals surface area contributed by atoms with Gasteiger partial charge in [-0.3, -0.25) is 0 Å². The Morgan fingerprint density at radius 3 is 1.22 bits per heavy atom. The van der Waals surface area contributed by atoms with Gasteiger partial charge in [-0.25, -0.2) is 0 Å². The molecule has 0 radical (unpaired) electrons. The number of hydrogen-bond donors (Lipinski definition) is 0. The monoisotopic (exact) mass is 637 g/mol. The minimum Gasteiger partial charge on any atom is -0.311 e. The molecule has 0 aromatic heterocycles. The fourth-order valence-electron chi connectivity index (χ4n) is 7.57. The molecule has 0 spiro atoms. The fraction of sp³-hybridized carbons (Fsp3) is 0. The van der Waals surface area contributed by atoms with E-state index in [0.29, 0.717) is 11.1 Å². The van der Waals surface area contributed by atoms with Crippen LogP contribution < -0.4 is 31.1 Å². The van der Waals surface area contributed by atoms with E-state index in [1.54, 1.807) is 0 Å². The van der Waals surface area contributed by atoms with Crippen LogP contribution in [0.25, 0.3) is 0 Å². The summed E-state index contributed by atoms with van der Waals surface area (Å²) in [6, 6.07) is 63.1. The van der Waals surface area contributed by atoms with Crippen LogP contribution in [0.5, 0.6) is 0 Å². The van der Waals surface area contributed by atoms with E-state index >= 15 is 0 Å². The van der Waals surface area contributed by atoms with Crippen molar-refractivity contribution in [2.75, 3.05) is 14.7 Å². The molecule has 232 valence electrons. The highest BCUT2D eigenvalue weighted by atomic mass is 15.2. The Labute approximate surface area is 291 Å². The Morgan fingerprint density at radius 2 is 0.820 bits per heavy atom. The topological polar surface area (TPSA) is 57.3 Å². The molecule has 0 saturated heterocycles. The zero-order valence-electron chi connectivity index (χ0n) is 27.0. The molecule has 0 bridgehead atoms. The van der Waals surface area contributed by atoms with Crippen LogP contribution in [0.2, 0.25) is 0 Å². The van der Waals surface area contributed by atoms with E-state index < -0.39 is 0 Å². The van der Waals surface area contributed by atoms with Crippen LogP contribution >= 0.6 is 0 Å². The fourth-order valence-corrected chi connectivity index (χ4v) is 7.57. The zero-order chi connectivity index (χ0) is 33.6. The summed E-state index contributed by atoms with van der Waals surface area (Å²) in [7, 11) is 0. The van der Waals surface area contributed by atoms with Gasteiger partial charge < -0.3 is 14.7 Å². The van der Waals surface area contributed by atoms with Gasteiger partial charge in [0, 0.05) is 45.5 Å². The second-order valence-corrected chi connectivity index (χ2v) is 12.4. The van der Waals surface area contributed by atoms with Gasteiger partial charge in [-0.15, -0.1) is 0 Å².